The number of rotatable bonds is 6. The van der Waals surface area contributed by atoms with E-state index < -0.39 is 8.30 Å². The Kier molecular flexibility index (Phi) is 5.95. The van der Waals surface area contributed by atoms with Crippen LogP contribution in [-0.4, -0.2) is 25.3 Å². The van der Waals surface area contributed by atoms with Crippen molar-refractivity contribution >= 4 is 14.3 Å². The van der Waals surface area contributed by atoms with Crippen molar-refractivity contribution in [2.24, 2.45) is 0 Å². The minimum atomic E-state index is -0.865. The van der Waals surface area contributed by atoms with E-state index in [0.717, 1.165) is 5.75 Å². The zero-order valence-electron chi connectivity index (χ0n) is 10.3. The Hall–Kier alpha value is -1.12. The summed E-state index contributed by atoms with van der Waals surface area (Å²) in [6.07, 6.45) is -0.0811. The minimum absolute atomic E-state index is 0.0811. The highest BCUT2D eigenvalue weighted by molar-refractivity contribution is 7.49. The van der Waals surface area contributed by atoms with Gasteiger partial charge < -0.3 is 9.26 Å². The zero-order chi connectivity index (χ0) is 12.7. The molecule has 5 heteroatoms. The molecule has 0 amide bonds. The topological polar surface area (TPSA) is 47.6 Å². The summed E-state index contributed by atoms with van der Waals surface area (Å²) in [6, 6.07) is 9.51. The summed E-state index contributed by atoms with van der Waals surface area (Å²) < 4.78 is 10.6. The van der Waals surface area contributed by atoms with Crippen LogP contribution in [0.5, 0.6) is 5.75 Å². The predicted octanol–water partition coefficient (Wildman–Crippen LogP) is 2.55. The number of nitrogens with one attached hydrogen (secondary N) is 1. The van der Waals surface area contributed by atoms with Gasteiger partial charge in [-0.05, 0) is 26.0 Å². The van der Waals surface area contributed by atoms with Gasteiger partial charge in [0.05, 0.1) is 6.10 Å². The fourth-order valence-corrected chi connectivity index (χ4v) is 2.01. The minimum Gasteiger partial charge on any atom is -0.462 e. The van der Waals surface area contributed by atoms with Gasteiger partial charge in [0.2, 0.25) is 0 Å². The molecule has 0 spiro atoms. The standard InChI is InChI=1S/C12H18NO3P/c1-10(2)15-12(14)9-13-17(3)16-11-7-5-4-6-8-11/h4-8,10,13H,9H2,1-3H3. The van der Waals surface area contributed by atoms with E-state index in [1.54, 1.807) is 0 Å². The summed E-state index contributed by atoms with van der Waals surface area (Å²) in [4.78, 5) is 11.3. The largest absolute Gasteiger partial charge is 0.462 e. The van der Waals surface area contributed by atoms with Gasteiger partial charge in [0.15, 0.2) is 8.30 Å². The molecule has 0 saturated carbocycles. The molecule has 0 fully saturated rings. The van der Waals surface area contributed by atoms with Crippen molar-refractivity contribution < 1.29 is 14.1 Å². The first-order chi connectivity index (χ1) is 8.08. The molecule has 0 aliphatic rings. The van der Waals surface area contributed by atoms with Crippen molar-refractivity contribution in [1.29, 1.82) is 0 Å². The van der Waals surface area contributed by atoms with Gasteiger partial charge in [-0.3, -0.25) is 9.88 Å². The third-order valence-corrected chi connectivity index (χ3v) is 2.89. The molecule has 0 aliphatic carbocycles. The number of carbonyl (C=O) groups is 1. The first-order valence-electron chi connectivity index (χ1n) is 5.47. The van der Waals surface area contributed by atoms with Crippen molar-refractivity contribution in [2.45, 2.75) is 20.0 Å². The summed E-state index contributed by atoms with van der Waals surface area (Å²) >= 11 is 0. The maximum absolute atomic E-state index is 11.3. The monoisotopic (exact) mass is 255 g/mol. The molecule has 17 heavy (non-hydrogen) atoms. The first-order valence-corrected chi connectivity index (χ1v) is 7.18. The second-order valence-electron chi connectivity index (χ2n) is 3.78. The third-order valence-electron chi connectivity index (χ3n) is 1.80. The number of esters is 1. The fourth-order valence-electron chi connectivity index (χ4n) is 1.15. The second kappa shape index (κ2) is 7.25. The number of hydrogen-bond acceptors (Lipinski definition) is 4. The average molecular weight is 255 g/mol. The molecule has 0 saturated heterocycles. The van der Waals surface area contributed by atoms with Gasteiger partial charge in [0.25, 0.3) is 0 Å². The van der Waals surface area contributed by atoms with Gasteiger partial charge >= 0.3 is 5.97 Å². The van der Waals surface area contributed by atoms with Crippen LogP contribution in [0.25, 0.3) is 0 Å². The Morgan fingerprint density at radius 3 is 2.59 bits per heavy atom. The molecule has 0 radical (unpaired) electrons. The maximum Gasteiger partial charge on any atom is 0.320 e. The lowest BCUT2D eigenvalue weighted by atomic mass is 10.3. The summed E-state index contributed by atoms with van der Waals surface area (Å²) in [5.74, 6) is 0.539. The van der Waals surface area contributed by atoms with E-state index >= 15 is 0 Å². The number of carbonyl (C=O) groups excluding carboxylic acids is 1. The smallest absolute Gasteiger partial charge is 0.320 e. The summed E-state index contributed by atoms with van der Waals surface area (Å²) in [7, 11) is -0.865. The molecule has 0 aliphatic heterocycles. The lowest BCUT2D eigenvalue weighted by molar-refractivity contribution is -0.145. The van der Waals surface area contributed by atoms with Crippen LogP contribution in [0.4, 0.5) is 0 Å². The Morgan fingerprint density at radius 1 is 1.35 bits per heavy atom. The van der Waals surface area contributed by atoms with Gasteiger partial charge in [-0.2, -0.15) is 0 Å². The lowest BCUT2D eigenvalue weighted by Gasteiger charge is -2.15. The Morgan fingerprint density at radius 2 is 2.00 bits per heavy atom. The molecule has 1 rings (SSSR count). The normalized spacial score (nSPS) is 12.2. The lowest BCUT2D eigenvalue weighted by Crippen LogP contribution is -2.24. The molecule has 94 valence electrons. The predicted molar refractivity (Wildman–Crippen MR) is 69.1 cm³/mol. The van der Waals surface area contributed by atoms with Gasteiger partial charge in [-0.25, -0.2) is 0 Å². The summed E-state index contributed by atoms with van der Waals surface area (Å²) in [6.45, 7) is 5.73. The summed E-state index contributed by atoms with van der Waals surface area (Å²) in [5, 5.41) is 3.00. The molecule has 1 aromatic carbocycles. The van der Waals surface area contributed by atoms with Crippen LogP contribution < -0.4 is 9.61 Å². The van der Waals surface area contributed by atoms with Crippen LogP contribution in [0.15, 0.2) is 30.3 Å². The number of ether oxygens (including phenoxy) is 1. The van der Waals surface area contributed by atoms with Crippen LogP contribution in [-0.2, 0) is 9.53 Å². The van der Waals surface area contributed by atoms with E-state index in [1.807, 2.05) is 50.8 Å². The molecule has 4 nitrogen and oxygen atoms in total. The Bertz CT molecular complexity index is 343. The van der Waals surface area contributed by atoms with Crippen LogP contribution in [0, 0.1) is 0 Å². The molecule has 1 atom stereocenters. The van der Waals surface area contributed by atoms with Crippen LogP contribution >= 0.6 is 8.30 Å². The zero-order valence-corrected chi connectivity index (χ0v) is 11.2. The Labute approximate surface area is 103 Å². The van der Waals surface area contributed by atoms with Gasteiger partial charge in [0.1, 0.15) is 12.3 Å². The molecular weight excluding hydrogens is 237 g/mol. The molecule has 0 aromatic heterocycles. The average Bonchev–Trinajstić information content (AvgIpc) is 2.27. The molecular formula is C12H18NO3P. The molecule has 0 bridgehead atoms. The van der Waals surface area contributed by atoms with Crippen molar-refractivity contribution in [3.63, 3.8) is 0 Å². The van der Waals surface area contributed by atoms with E-state index in [9.17, 15) is 4.79 Å². The quantitative estimate of drug-likeness (QED) is 0.627. The van der Waals surface area contributed by atoms with Gasteiger partial charge in [0, 0.05) is 6.66 Å². The number of hydrogen-bond donors (Lipinski definition) is 1. The molecule has 1 unspecified atom stereocenters. The van der Waals surface area contributed by atoms with Crippen molar-refractivity contribution in [2.75, 3.05) is 13.2 Å². The van der Waals surface area contributed by atoms with Crippen LogP contribution in [0.1, 0.15) is 13.8 Å². The summed E-state index contributed by atoms with van der Waals surface area (Å²) in [5.41, 5.74) is 0. The van der Waals surface area contributed by atoms with Gasteiger partial charge in [-0.15, -0.1) is 0 Å². The highest BCUT2D eigenvalue weighted by Gasteiger charge is 2.09. The van der Waals surface area contributed by atoms with Crippen molar-refractivity contribution in [3.05, 3.63) is 30.3 Å². The highest BCUT2D eigenvalue weighted by Crippen LogP contribution is 2.29. The highest BCUT2D eigenvalue weighted by atomic mass is 31.2. The maximum atomic E-state index is 11.3. The number of para-hydroxylation sites is 1. The van der Waals surface area contributed by atoms with Crippen LogP contribution in [0.2, 0.25) is 0 Å². The van der Waals surface area contributed by atoms with Crippen LogP contribution in [0.3, 0.4) is 0 Å². The number of benzene rings is 1. The van der Waals surface area contributed by atoms with E-state index in [-0.39, 0.29) is 18.6 Å². The second-order valence-corrected chi connectivity index (χ2v) is 5.27. The van der Waals surface area contributed by atoms with E-state index in [1.165, 1.54) is 0 Å². The Balaban J connectivity index is 2.26. The first kappa shape index (κ1) is 13.9. The third kappa shape index (κ3) is 6.25. The van der Waals surface area contributed by atoms with Crippen molar-refractivity contribution in [3.8, 4) is 5.75 Å². The van der Waals surface area contributed by atoms with Gasteiger partial charge in [-0.1, -0.05) is 18.2 Å². The van der Waals surface area contributed by atoms with E-state index in [2.05, 4.69) is 5.09 Å². The fraction of sp³-hybridized carbons (Fsp3) is 0.417. The van der Waals surface area contributed by atoms with E-state index in [0.29, 0.717) is 0 Å². The molecule has 0 heterocycles. The van der Waals surface area contributed by atoms with E-state index in [4.69, 9.17) is 9.26 Å². The molecule has 1 aromatic rings. The van der Waals surface area contributed by atoms with Crippen molar-refractivity contribution in [1.82, 2.24) is 5.09 Å². The molecule has 1 N–H and O–H groups in total. The SMILES string of the molecule is CC(C)OC(=O)CNP(C)Oc1ccccc1.